The molecule has 2 heterocycles. The fourth-order valence-corrected chi connectivity index (χ4v) is 3.43. The van der Waals surface area contributed by atoms with E-state index in [1.165, 1.54) is 31.5 Å². The number of nitrogens with one attached hydrogen (secondary N) is 1. The van der Waals surface area contributed by atoms with Gasteiger partial charge in [-0.2, -0.15) is 5.10 Å². The molecule has 0 amide bonds. The second-order valence-corrected chi connectivity index (χ2v) is 5.46. The van der Waals surface area contributed by atoms with Gasteiger partial charge in [0.2, 0.25) is 0 Å². The van der Waals surface area contributed by atoms with Gasteiger partial charge in [0, 0.05) is 12.7 Å². The summed E-state index contributed by atoms with van der Waals surface area (Å²) >= 11 is 0. The Labute approximate surface area is 117 Å². The maximum Gasteiger partial charge on any atom is 0.0559 e. The number of hydrogen-bond donors (Lipinski definition) is 1. The number of aryl methyl sites for hydroxylation is 1. The quantitative estimate of drug-likeness (QED) is 0.886. The first kappa shape index (κ1) is 14.5. The highest BCUT2D eigenvalue weighted by molar-refractivity contribution is 5.10. The molecule has 2 rings (SSSR count). The Morgan fingerprint density at radius 2 is 2.16 bits per heavy atom. The van der Waals surface area contributed by atoms with Crippen molar-refractivity contribution in [2.24, 2.45) is 5.92 Å². The first-order valence-corrected chi connectivity index (χ1v) is 7.72. The summed E-state index contributed by atoms with van der Waals surface area (Å²) < 4.78 is 2.17. The second-order valence-electron chi connectivity index (χ2n) is 5.46. The minimum absolute atomic E-state index is 0.516. The van der Waals surface area contributed by atoms with Crippen LogP contribution in [0.25, 0.3) is 0 Å². The highest BCUT2D eigenvalue weighted by Crippen LogP contribution is 2.34. The maximum absolute atomic E-state index is 4.47. The van der Waals surface area contributed by atoms with Gasteiger partial charge in [-0.3, -0.25) is 9.58 Å². The van der Waals surface area contributed by atoms with Crippen molar-refractivity contribution >= 4 is 0 Å². The van der Waals surface area contributed by atoms with E-state index in [4.69, 9.17) is 0 Å². The molecule has 1 aliphatic heterocycles. The van der Waals surface area contributed by atoms with Crippen LogP contribution in [0.15, 0.2) is 12.3 Å². The van der Waals surface area contributed by atoms with Gasteiger partial charge in [0.05, 0.1) is 11.7 Å². The number of rotatable bonds is 5. The Morgan fingerprint density at radius 1 is 1.32 bits per heavy atom. The summed E-state index contributed by atoms with van der Waals surface area (Å²) in [6.45, 7) is 8.85. The van der Waals surface area contributed by atoms with Crippen molar-refractivity contribution in [2.45, 2.75) is 45.7 Å². The summed E-state index contributed by atoms with van der Waals surface area (Å²) in [6.07, 6.45) is 5.94. The zero-order valence-corrected chi connectivity index (χ0v) is 12.6. The number of aromatic nitrogens is 2. The van der Waals surface area contributed by atoms with Crippen LogP contribution in [0.4, 0.5) is 0 Å². The predicted octanol–water partition coefficient (Wildman–Crippen LogP) is 2.29. The lowest BCUT2D eigenvalue weighted by Crippen LogP contribution is -2.37. The third-order valence-corrected chi connectivity index (χ3v) is 4.33. The lowest BCUT2D eigenvalue weighted by Gasteiger charge is -2.34. The smallest absolute Gasteiger partial charge is 0.0559 e. The third-order valence-electron chi connectivity index (χ3n) is 4.33. The number of nitrogens with zero attached hydrogens (tertiary/aromatic N) is 3. The van der Waals surface area contributed by atoms with Crippen molar-refractivity contribution in [1.29, 1.82) is 0 Å². The SMILES string of the molecule is CCN1CCCCC(CNC)C1c1ccnn1CC. The fourth-order valence-electron chi connectivity index (χ4n) is 3.43. The van der Waals surface area contributed by atoms with Crippen molar-refractivity contribution in [2.75, 3.05) is 26.7 Å². The van der Waals surface area contributed by atoms with Gasteiger partial charge in [-0.25, -0.2) is 0 Å². The van der Waals surface area contributed by atoms with Crippen LogP contribution in [0.1, 0.15) is 44.8 Å². The molecule has 0 aliphatic carbocycles. The van der Waals surface area contributed by atoms with Crippen LogP contribution in [-0.4, -0.2) is 41.4 Å². The third kappa shape index (κ3) is 3.18. The van der Waals surface area contributed by atoms with Crippen molar-refractivity contribution in [3.05, 3.63) is 18.0 Å². The monoisotopic (exact) mass is 264 g/mol. The molecule has 19 heavy (non-hydrogen) atoms. The van der Waals surface area contributed by atoms with Gasteiger partial charge in [-0.05, 0) is 58.4 Å². The highest BCUT2D eigenvalue weighted by atomic mass is 15.3. The summed E-state index contributed by atoms with van der Waals surface area (Å²) in [7, 11) is 2.06. The van der Waals surface area contributed by atoms with E-state index in [0.29, 0.717) is 12.0 Å². The molecule has 1 aromatic heterocycles. The van der Waals surface area contributed by atoms with E-state index >= 15 is 0 Å². The minimum atomic E-state index is 0.516. The molecule has 1 aromatic rings. The molecular formula is C15H28N4. The lowest BCUT2D eigenvalue weighted by molar-refractivity contribution is 0.153. The van der Waals surface area contributed by atoms with E-state index in [1.54, 1.807) is 0 Å². The van der Waals surface area contributed by atoms with Gasteiger partial charge in [0.15, 0.2) is 0 Å². The molecule has 1 N–H and O–H groups in total. The Hall–Kier alpha value is -0.870. The molecule has 4 heteroatoms. The Morgan fingerprint density at radius 3 is 2.84 bits per heavy atom. The molecule has 1 aliphatic rings. The Balaban J connectivity index is 2.31. The van der Waals surface area contributed by atoms with Crippen LogP contribution < -0.4 is 5.32 Å². The first-order chi connectivity index (χ1) is 9.31. The van der Waals surface area contributed by atoms with Gasteiger partial charge in [-0.1, -0.05) is 13.3 Å². The first-order valence-electron chi connectivity index (χ1n) is 7.72. The van der Waals surface area contributed by atoms with E-state index in [1.807, 2.05) is 6.20 Å². The van der Waals surface area contributed by atoms with Crippen LogP contribution in [0.3, 0.4) is 0 Å². The van der Waals surface area contributed by atoms with Crippen LogP contribution >= 0.6 is 0 Å². The van der Waals surface area contributed by atoms with Crippen LogP contribution in [-0.2, 0) is 6.54 Å². The van der Waals surface area contributed by atoms with Crippen molar-refractivity contribution in [3.8, 4) is 0 Å². The molecule has 108 valence electrons. The standard InChI is InChI=1S/C15H28N4/c1-4-18-11-7-6-8-13(12-16-3)15(18)14-9-10-17-19(14)5-2/h9-10,13,15-16H,4-8,11-12H2,1-3H3. The van der Waals surface area contributed by atoms with Gasteiger partial charge in [0.25, 0.3) is 0 Å². The van der Waals surface area contributed by atoms with Gasteiger partial charge < -0.3 is 5.32 Å². The normalized spacial score (nSPS) is 25.4. The zero-order chi connectivity index (χ0) is 13.7. The highest BCUT2D eigenvalue weighted by Gasteiger charge is 2.31. The number of hydrogen-bond acceptors (Lipinski definition) is 3. The lowest BCUT2D eigenvalue weighted by atomic mass is 9.92. The molecular weight excluding hydrogens is 236 g/mol. The van der Waals surface area contributed by atoms with Crippen LogP contribution in [0.2, 0.25) is 0 Å². The van der Waals surface area contributed by atoms with Crippen LogP contribution in [0.5, 0.6) is 0 Å². The molecule has 2 atom stereocenters. The Bertz CT molecular complexity index is 374. The van der Waals surface area contributed by atoms with Crippen molar-refractivity contribution in [1.82, 2.24) is 20.0 Å². The molecule has 1 fully saturated rings. The van der Waals surface area contributed by atoms with Gasteiger partial charge in [0.1, 0.15) is 0 Å². The van der Waals surface area contributed by atoms with E-state index in [0.717, 1.165) is 19.6 Å². The summed E-state index contributed by atoms with van der Waals surface area (Å²) in [5.41, 5.74) is 1.39. The predicted molar refractivity (Wildman–Crippen MR) is 79.2 cm³/mol. The Kier molecular flexibility index (Phi) is 5.40. The summed E-state index contributed by atoms with van der Waals surface area (Å²) in [5, 5.41) is 7.86. The fraction of sp³-hybridized carbons (Fsp3) is 0.800. The molecule has 2 unspecified atom stereocenters. The van der Waals surface area contributed by atoms with E-state index in [-0.39, 0.29) is 0 Å². The average molecular weight is 264 g/mol. The average Bonchev–Trinajstić information content (AvgIpc) is 2.80. The van der Waals surface area contributed by atoms with E-state index in [9.17, 15) is 0 Å². The molecule has 1 saturated heterocycles. The van der Waals surface area contributed by atoms with Crippen molar-refractivity contribution in [3.63, 3.8) is 0 Å². The largest absolute Gasteiger partial charge is 0.319 e. The van der Waals surface area contributed by atoms with Crippen LogP contribution in [0, 0.1) is 5.92 Å². The molecule has 0 aromatic carbocycles. The molecule has 0 bridgehead atoms. The summed E-state index contributed by atoms with van der Waals surface area (Å²) in [4.78, 5) is 2.64. The van der Waals surface area contributed by atoms with Gasteiger partial charge >= 0.3 is 0 Å². The zero-order valence-electron chi connectivity index (χ0n) is 12.6. The minimum Gasteiger partial charge on any atom is -0.319 e. The second kappa shape index (κ2) is 7.06. The maximum atomic E-state index is 4.47. The topological polar surface area (TPSA) is 33.1 Å². The number of likely N-dealkylation sites (tertiary alicyclic amines) is 1. The molecule has 0 saturated carbocycles. The van der Waals surface area contributed by atoms with E-state index < -0.39 is 0 Å². The van der Waals surface area contributed by atoms with Crippen molar-refractivity contribution < 1.29 is 0 Å². The molecule has 0 radical (unpaired) electrons. The summed E-state index contributed by atoms with van der Waals surface area (Å²) in [6, 6.07) is 2.73. The molecule has 0 spiro atoms. The van der Waals surface area contributed by atoms with Gasteiger partial charge in [-0.15, -0.1) is 0 Å². The summed E-state index contributed by atoms with van der Waals surface area (Å²) in [5.74, 6) is 0.689. The molecule has 4 nitrogen and oxygen atoms in total. The van der Waals surface area contributed by atoms with E-state index in [2.05, 4.69) is 47.0 Å².